The van der Waals surface area contributed by atoms with Crippen LogP contribution in [0, 0.1) is 0 Å². The number of carboxylic acid groups (broad SMARTS) is 1. The number of carbonyl (C=O) groups is 2. The molecule has 0 atom stereocenters. The van der Waals surface area contributed by atoms with Crippen molar-refractivity contribution in [2.75, 3.05) is 40.8 Å². The molecule has 0 aromatic rings. The third-order valence-corrected chi connectivity index (χ3v) is 1.89. The first-order valence-electron chi connectivity index (χ1n) is 4.38. The largest absolute Gasteiger partial charge is 0.480 e. The number of hydrogen-bond donors (Lipinski definition) is 3. The summed E-state index contributed by atoms with van der Waals surface area (Å²) in [5, 5.41) is 13.6. The van der Waals surface area contributed by atoms with Crippen molar-refractivity contribution < 1.29 is 19.2 Å². The zero-order valence-electron chi connectivity index (χ0n) is 8.83. The van der Waals surface area contributed by atoms with E-state index in [-0.39, 0.29) is 17.1 Å². The number of hydrogen-bond acceptors (Lipinski definition) is 3. The van der Waals surface area contributed by atoms with Crippen molar-refractivity contribution in [3.63, 3.8) is 0 Å². The lowest BCUT2D eigenvalue weighted by molar-refractivity contribution is -0.807. The molecule has 3 N–H and O–H groups in total. The van der Waals surface area contributed by atoms with Crippen LogP contribution in [-0.2, 0) is 4.79 Å². The Morgan fingerprint density at radius 1 is 1.36 bits per heavy atom. The number of rotatable bonds is 5. The molecule has 0 radical (unpaired) electrons. The number of nitrogens with zero attached hydrogens (tertiary/aromatic N) is 1. The number of quaternary nitrogens is 1. The smallest absolute Gasteiger partial charge is 0.415 e. The molecule has 0 aromatic heterocycles. The fourth-order valence-corrected chi connectivity index (χ4v) is 0.958. The van der Waals surface area contributed by atoms with E-state index in [0.29, 0.717) is 13.1 Å². The van der Waals surface area contributed by atoms with Crippen LogP contribution in [0.1, 0.15) is 0 Å². The van der Waals surface area contributed by atoms with Crippen molar-refractivity contribution in [2.24, 2.45) is 0 Å². The Labute approximate surface area is 83.5 Å². The van der Waals surface area contributed by atoms with E-state index in [4.69, 9.17) is 5.11 Å². The average molecular weight is 204 g/mol. The van der Waals surface area contributed by atoms with Gasteiger partial charge in [0.15, 0.2) is 0 Å². The molecule has 0 heterocycles. The highest BCUT2D eigenvalue weighted by Crippen LogP contribution is 1.95. The normalized spacial score (nSPS) is 11.1. The minimum atomic E-state index is -0.893. The van der Waals surface area contributed by atoms with E-state index in [1.807, 2.05) is 0 Å². The fraction of sp³-hybridized carbons (Fsp3) is 0.750. The van der Waals surface area contributed by atoms with E-state index < -0.39 is 5.97 Å². The Morgan fingerprint density at radius 3 is 2.36 bits per heavy atom. The molecule has 0 aliphatic heterocycles. The van der Waals surface area contributed by atoms with Crippen LogP contribution in [0.25, 0.3) is 0 Å². The number of carbonyl (C=O) groups excluding carboxylic acids is 1. The van der Waals surface area contributed by atoms with Crippen LogP contribution < -0.4 is 10.6 Å². The molecular weight excluding hydrogens is 186 g/mol. The van der Waals surface area contributed by atoms with Gasteiger partial charge in [0.2, 0.25) is 0 Å². The summed E-state index contributed by atoms with van der Waals surface area (Å²) in [7, 11) is 5.11. The summed E-state index contributed by atoms with van der Waals surface area (Å²) in [5.41, 5.74) is 0. The summed E-state index contributed by atoms with van der Waals surface area (Å²) in [6.45, 7) is 0.966. The molecule has 0 bridgehead atoms. The Balaban J connectivity index is 3.76. The van der Waals surface area contributed by atoms with Gasteiger partial charge in [0, 0.05) is 13.6 Å². The van der Waals surface area contributed by atoms with Gasteiger partial charge in [-0.25, -0.2) is 9.28 Å². The first-order chi connectivity index (χ1) is 6.40. The van der Waals surface area contributed by atoms with E-state index in [1.165, 1.54) is 0 Å². The topological polar surface area (TPSA) is 78.4 Å². The molecule has 0 fully saturated rings. The summed E-state index contributed by atoms with van der Waals surface area (Å²) in [6.07, 6.45) is 0. The van der Waals surface area contributed by atoms with Gasteiger partial charge in [-0.3, -0.25) is 4.79 Å². The predicted octanol–water partition coefficient (Wildman–Crippen LogP) is -0.924. The second-order valence-electron chi connectivity index (χ2n) is 3.53. The Morgan fingerprint density at radius 2 is 1.93 bits per heavy atom. The highest BCUT2D eigenvalue weighted by atomic mass is 16.4. The molecule has 14 heavy (non-hydrogen) atoms. The van der Waals surface area contributed by atoms with E-state index >= 15 is 0 Å². The van der Waals surface area contributed by atoms with Crippen LogP contribution in [0.4, 0.5) is 4.79 Å². The average Bonchev–Trinajstić information content (AvgIpc) is 2.10. The van der Waals surface area contributed by atoms with Gasteiger partial charge >= 0.3 is 12.0 Å². The summed E-state index contributed by atoms with van der Waals surface area (Å²) in [5.74, 6) is -0.893. The molecule has 6 nitrogen and oxygen atoms in total. The molecule has 0 spiro atoms. The SMILES string of the molecule is CNC(=O)[N+](C)(C)CCNCC(=O)O. The summed E-state index contributed by atoms with van der Waals surface area (Å²) >= 11 is 0. The van der Waals surface area contributed by atoms with E-state index in [2.05, 4.69) is 10.6 Å². The minimum Gasteiger partial charge on any atom is -0.480 e. The molecule has 0 aliphatic carbocycles. The van der Waals surface area contributed by atoms with E-state index in [1.54, 1.807) is 21.1 Å². The highest BCUT2D eigenvalue weighted by Gasteiger charge is 2.24. The van der Waals surface area contributed by atoms with Gasteiger partial charge in [0.25, 0.3) is 0 Å². The first-order valence-corrected chi connectivity index (χ1v) is 4.38. The number of nitrogens with one attached hydrogen (secondary N) is 2. The maximum Gasteiger partial charge on any atom is 0.415 e. The molecule has 0 aliphatic rings. The number of aliphatic carboxylic acids is 1. The number of carboxylic acids is 1. The summed E-state index contributed by atoms with van der Waals surface area (Å²) < 4.78 is 0.184. The second kappa shape index (κ2) is 5.56. The lowest BCUT2D eigenvalue weighted by Crippen LogP contribution is -2.53. The van der Waals surface area contributed by atoms with Crippen LogP contribution >= 0.6 is 0 Å². The second-order valence-corrected chi connectivity index (χ2v) is 3.53. The third-order valence-electron chi connectivity index (χ3n) is 1.89. The van der Waals surface area contributed by atoms with Gasteiger partial charge in [0.1, 0.15) is 0 Å². The van der Waals surface area contributed by atoms with Crippen molar-refractivity contribution in [1.82, 2.24) is 10.6 Å². The molecule has 82 valence electrons. The Kier molecular flexibility index (Phi) is 5.11. The number of urea groups is 1. The molecule has 0 aromatic carbocycles. The molecule has 2 amide bonds. The van der Waals surface area contributed by atoms with Gasteiger partial charge in [-0.05, 0) is 0 Å². The fourth-order valence-electron chi connectivity index (χ4n) is 0.958. The van der Waals surface area contributed by atoms with Crippen LogP contribution in [0.15, 0.2) is 0 Å². The maximum atomic E-state index is 11.3. The van der Waals surface area contributed by atoms with Gasteiger partial charge in [0.05, 0.1) is 27.2 Å². The molecule has 0 saturated heterocycles. The van der Waals surface area contributed by atoms with Crippen LogP contribution in [0.3, 0.4) is 0 Å². The van der Waals surface area contributed by atoms with Crippen LogP contribution in [-0.4, -0.2) is 62.4 Å². The predicted molar refractivity (Wildman–Crippen MR) is 51.9 cm³/mol. The van der Waals surface area contributed by atoms with Crippen molar-refractivity contribution in [1.29, 1.82) is 0 Å². The van der Waals surface area contributed by atoms with Gasteiger partial charge in [-0.15, -0.1) is 0 Å². The molecule has 0 unspecified atom stereocenters. The van der Waals surface area contributed by atoms with Crippen LogP contribution in [0.5, 0.6) is 0 Å². The molecule has 0 saturated carbocycles. The van der Waals surface area contributed by atoms with Gasteiger partial charge in [-0.1, -0.05) is 0 Å². The summed E-state index contributed by atoms with van der Waals surface area (Å²) in [6, 6.07) is -0.0953. The van der Waals surface area contributed by atoms with Crippen molar-refractivity contribution in [2.45, 2.75) is 0 Å². The zero-order chi connectivity index (χ0) is 11.2. The van der Waals surface area contributed by atoms with Gasteiger partial charge in [-0.2, -0.15) is 0 Å². The molecular formula is C8H18N3O3+. The Hall–Kier alpha value is -1.14. The van der Waals surface area contributed by atoms with Crippen molar-refractivity contribution in [3.05, 3.63) is 0 Å². The highest BCUT2D eigenvalue weighted by molar-refractivity contribution is 5.69. The number of likely N-dealkylation sites (N-methyl/N-ethyl adjacent to an activating group) is 1. The standard InChI is InChI=1S/C8H17N3O3/c1-9-8(14)11(2,3)5-4-10-6-7(12)13/h10H,4-6H2,1-3H3,(H-,9,12,13,14)/p+1. The lowest BCUT2D eigenvalue weighted by atomic mass is 10.4. The molecule has 6 heteroatoms. The Bertz CT molecular complexity index is 216. The van der Waals surface area contributed by atoms with E-state index in [0.717, 1.165) is 0 Å². The third kappa shape index (κ3) is 4.78. The van der Waals surface area contributed by atoms with Gasteiger partial charge < -0.3 is 15.7 Å². The van der Waals surface area contributed by atoms with Crippen molar-refractivity contribution >= 4 is 12.0 Å². The molecule has 0 rings (SSSR count). The quantitative estimate of drug-likeness (QED) is 0.399. The zero-order valence-corrected chi connectivity index (χ0v) is 8.83. The monoisotopic (exact) mass is 204 g/mol. The maximum absolute atomic E-state index is 11.3. The first kappa shape index (κ1) is 12.9. The van der Waals surface area contributed by atoms with E-state index in [9.17, 15) is 9.59 Å². The summed E-state index contributed by atoms with van der Waals surface area (Å²) in [4.78, 5) is 21.4. The van der Waals surface area contributed by atoms with Crippen LogP contribution in [0.2, 0.25) is 0 Å². The van der Waals surface area contributed by atoms with Crippen molar-refractivity contribution in [3.8, 4) is 0 Å². The lowest BCUT2D eigenvalue weighted by Gasteiger charge is -2.25. The number of amides is 2. The minimum absolute atomic E-state index is 0.0757.